The van der Waals surface area contributed by atoms with Crippen LogP contribution in [0.1, 0.15) is 70.5 Å². The Hall–Kier alpha value is -6.74. The summed E-state index contributed by atoms with van der Waals surface area (Å²) in [7, 11) is -45.9. The van der Waals surface area contributed by atoms with E-state index in [0.717, 1.165) is 37.4 Å². The summed E-state index contributed by atoms with van der Waals surface area (Å²) in [6.07, 6.45) is -19.7. The molecular weight excluding hydrogens is 2120 g/mol. The Labute approximate surface area is 799 Å². The van der Waals surface area contributed by atoms with Crippen LogP contribution in [0.15, 0.2) is 53.3 Å². The van der Waals surface area contributed by atoms with Gasteiger partial charge in [-0.05, 0) is 12.8 Å². The minimum absolute atomic E-state index is 0. The zero-order chi connectivity index (χ0) is 102. The number of aromatic nitrogens is 8. The quantitative estimate of drug-likeness (QED) is 0.00846. The average molecular weight is 2210 g/mol. The number of nitrogens with two attached hydrogens (primary N) is 3. The number of phosphoric acid groups is 8. The lowest BCUT2D eigenvalue weighted by Gasteiger charge is -2.36. The number of rotatable bonds is 45. The molecule has 140 heavy (non-hydrogen) atoms. The number of carbonyl (C=O) groups is 3. The zero-order valence-electron chi connectivity index (χ0n) is 70.6. The molecule has 0 aliphatic carbocycles. The number of anilines is 6. The maximum Gasteiger partial charge on any atom is 0.330 e. The van der Waals surface area contributed by atoms with Crippen molar-refractivity contribution in [1.29, 1.82) is 0 Å². The molecule has 8 aliphatic heterocycles. The van der Waals surface area contributed by atoms with Gasteiger partial charge in [-0.15, -0.1) is 0 Å². The summed E-state index contributed by atoms with van der Waals surface area (Å²) in [5.74, 6) is 0.715. The van der Waals surface area contributed by atoms with E-state index in [1.807, 2.05) is 21.7 Å². The fraction of sp³-hybridized carbons (Fsp3) is 0.635. The number of aliphatic hydroxyl groups excluding tert-OH is 8. The van der Waals surface area contributed by atoms with Gasteiger partial charge in [-0.2, -0.15) is 21.7 Å². The smallest absolute Gasteiger partial charge is 0.330 e. The lowest BCUT2D eigenvalue weighted by Crippen LogP contribution is -2.45. The number of unbranched alkanes of at least 4 members (excludes halogenated alkanes) is 1. The van der Waals surface area contributed by atoms with Crippen LogP contribution in [-0.4, -0.2) is 292 Å². The number of hydrogen-bond donors (Lipinski definition) is 19. The minimum atomic E-state index is -6.74. The van der Waals surface area contributed by atoms with Gasteiger partial charge in [0.2, 0.25) is 23.7 Å². The molecule has 6 fully saturated rings. The van der Waals surface area contributed by atoms with E-state index in [2.05, 4.69) is 85.2 Å². The van der Waals surface area contributed by atoms with Crippen LogP contribution in [0, 0.1) is 0 Å². The van der Waals surface area contributed by atoms with E-state index < -0.39 is 221 Å². The number of H-pyrrole nitrogens is 4. The Bertz CT molecular complexity index is 5970. The van der Waals surface area contributed by atoms with Crippen LogP contribution >= 0.6 is 95.9 Å². The molecule has 27 atom stereocenters. The fourth-order valence-corrected chi connectivity index (χ4v) is 27.2. The Morgan fingerprint density at radius 1 is 0.500 bits per heavy atom. The molecule has 0 aromatic carbocycles. The summed E-state index contributed by atoms with van der Waals surface area (Å²) in [5, 5.41) is 96.0. The number of nitrogen functional groups attached to an aromatic ring is 2. The number of nitrogens with zero attached hydrogens (tertiary/aromatic N) is 8. The maximum absolute atomic E-state index is 12.8. The Morgan fingerprint density at radius 3 is 1.26 bits per heavy atom. The molecule has 0 saturated carbocycles. The monoisotopic (exact) mass is 2210 g/mol. The van der Waals surface area contributed by atoms with Gasteiger partial charge < -0.3 is 175 Å². The van der Waals surface area contributed by atoms with Crippen molar-refractivity contribution in [1.82, 2.24) is 60.3 Å². The number of aromatic amines is 4. The van der Waals surface area contributed by atoms with Crippen molar-refractivity contribution in [3.63, 3.8) is 0 Å². The first-order valence-corrected chi connectivity index (χ1v) is 55.0. The SMILES string of the molecule is C.C.CN1CN([C@@H]2O[C@H](COP(=O)([O-])OP(=O)([O-])OP(=O)([O-])OP(=O)([O-])OC[C@H]3O[C@@H](n4cc(/C=C/CN)c(=O)[nH]c4=O)C(O)[C@H]3O)C(O)C2O)c2nc(N)[nH]c(=O)c21.CN1CN([C@@H]2O[C@H](COP(=O)([O-])OP(=O)([O-])OP(=O)([O-])OP(=O)([O-])OC[C@H]3O[C@@H](n4cc(/C=C/CNC(=O)CCSSCCNC(=O)CCCC[C@@H]5SC[C@@H]6NC(=O)N[C@@H]65)c(=O)[nH]c4=O)C(O)[C@H]3O)C(O)C2O)c2nc(N)[nH]c(=O)c21. The summed E-state index contributed by atoms with van der Waals surface area (Å²) in [5.41, 5.74) is 10.7. The fourth-order valence-electron chi connectivity index (χ4n) is 14.3. The van der Waals surface area contributed by atoms with Crippen LogP contribution in [0.3, 0.4) is 0 Å². The van der Waals surface area contributed by atoms with Crippen molar-refractivity contribution >= 4 is 161 Å². The van der Waals surface area contributed by atoms with Gasteiger partial charge in [0.15, 0.2) is 36.5 Å². The number of thioether (sulfide) groups is 1. The van der Waals surface area contributed by atoms with Crippen LogP contribution in [0.25, 0.3) is 12.2 Å². The Kier molecular flexibility index (Phi) is 40.3. The second-order valence-corrected chi connectivity index (χ2v) is 46.3. The van der Waals surface area contributed by atoms with E-state index in [0.29, 0.717) is 38.9 Å². The minimum Gasteiger partial charge on any atom is -0.756 e. The molecular formula is C63H95N19O47P8S3-8. The van der Waals surface area contributed by atoms with Crippen molar-refractivity contribution in [3.8, 4) is 0 Å². The number of urea groups is 1. The number of amides is 4. The molecule has 0 bridgehead atoms. The molecule has 22 N–H and O–H groups in total. The third-order valence-corrected chi connectivity index (χ3v) is 35.7. The van der Waals surface area contributed by atoms with Crippen molar-refractivity contribution in [3.05, 3.63) is 98.1 Å². The second-order valence-electron chi connectivity index (χ2n) is 30.3. The highest BCUT2D eigenvalue weighted by Crippen LogP contribution is 2.69. The van der Waals surface area contributed by atoms with Crippen molar-refractivity contribution < 1.29 is 194 Å². The lowest BCUT2D eigenvalue weighted by molar-refractivity contribution is -0.260. The summed E-state index contributed by atoms with van der Waals surface area (Å²) < 4.78 is 160. The molecule has 0 radical (unpaired) electrons. The van der Waals surface area contributed by atoms with E-state index in [4.69, 9.17) is 36.1 Å². The van der Waals surface area contributed by atoms with Crippen LogP contribution in [0.4, 0.5) is 39.7 Å². The lowest BCUT2D eigenvalue weighted by atomic mass is 10.0. The first-order chi connectivity index (χ1) is 64.4. The summed E-state index contributed by atoms with van der Waals surface area (Å²) in [6, 6.07) is 0.157. The highest BCUT2D eigenvalue weighted by molar-refractivity contribution is 8.76. The molecule has 4 amide bonds. The number of hydrogen-bond acceptors (Lipinski definition) is 59. The van der Waals surface area contributed by atoms with Gasteiger partial charge in [-0.3, -0.25) is 94.4 Å². The number of ether oxygens (including phenoxy) is 4. The Morgan fingerprint density at radius 2 is 0.864 bits per heavy atom. The molecule has 66 nitrogen and oxygen atoms in total. The third kappa shape index (κ3) is 30.5. The molecule has 77 heteroatoms. The highest BCUT2D eigenvalue weighted by atomic mass is 33.1. The maximum atomic E-state index is 12.8. The van der Waals surface area contributed by atoms with Gasteiger partial charge >= 0.3 is 17.4 Å². The number of fused-ring (bicyclic) bond motifs is 3. The third-order valence-electron chi connectivity index (χ3n) is 20.3. The van der Waals surface area contributed by atoms with Crippen molar-refractivity contribution in [2.24, 2.45) is 5.73 Å². The van der Waals surface area contributed by atoms with Gasteiger partial charge in [0.25, 0.3) is 84.8 Å². The summed E-state index contributed by atoms with van der Waals surface area (Å²) in [6.45, 7) is -5.27. The Balaban J connectivity index is 0.000000327. The molecule has 4 aromatic rings. The zero-order valence-corrected chi connectivity index (χ0v) is 80.2. The van der Waals surface area contributed by atoms with E-state index in [1.54, 1.807) is 0 Å². The molecule has 790 valence electrons. The van der Waals surface area contributed by atoms with Crippen LogP contribution in [0.5, 0.6) is 0 Å². The van der Waals surface area contributed by atoms with Crippen LogP contribution in [0.2, 0.25) is 0 Å². The van der Waals surface area contributed by atoms with E-state index in [1.165, 1.54) is 79.6 Å². The average Bonchev–Trinajstić information content (AvgIpc) is 1.60. The standard InChI is InChI=1S/C38H59N11O25P4S3.C23H36N8O22P4.2CH4/c1-47-17-49(31-26(47)33(57)45-36(39)44-31)35-30(55)28(53)21(71-35)15-69-76(62,63)73-78(66,67)74-77(64,65)72-75(60,61)68-14-20-27(52)29(54)34(70-20)48-13-18(32(56)46-38(48)59)5-4-9-40-24(51)8-11-80-81-12-10-41-23(50)7-3-2-6-22-25-19(16-79-22)42-37(58)43-25;1-29-8-31(17-12(29)19(37)27-22(25)26-17)21-16(35)14(33)11(50-21)7-48-55(41,42)52-57(45,46)53-56(43,44)51-54(39,40)47-6-10-13(32)15(34)20(49-10)30-5-9(3-2-4-24)18(36)28-23(30)38;;/h4-5,13,19-22,25,27-30,34-35,52-55H,2-3,6-12,14-17H2,1H3,(H,40,51)(H,41,50)(H,60,61)(H,62,63)(H,64,65)(H,66,67)(H2,42,43,58)(H,46,56,59)(H3,39,44,45,57);2-3,5,10-11,13-16,20-21,32-35H,4,6-8,24H2,1H3,(H,39,40)(H,41,42)(H,43,44)(H,45,46)(H,28,36,38)(H3,25,26,27,37);2*1H4/p-8/b5-4+;3-2+;;/t19-,20+,21+,22-,25-,27-,28?,29?,30?,34+,35+;10-,11-,13+,14?,15?,16?,20-,21-;;/m01../s1. The van der Waals surface area contributed by atoms with Crippen LogP contribution in [-0.2, 0) is 109 Å². The molecule has 4 aromatic heterocycles. The first kappa shape index (κ1) is 117. The molecule has 6 saturated heterocycles. The normalized spacial score (nSPS) is 29.3. The van der Waals surface area contributed by atoms with Crippen molar-refractivity contribution in [2.45, 2.75) is 162 Å². The molecule has 8 aliphatic rings. The van der Waals surface area contributed by atoms with Gasteiger partial charge in [0.05, 0.1) is 63.0 Å². The molecule has 0 spiro atoms. The largest absolute Gasteiger partial charge is 0.756 e. The van der Waals surface area contributed by atoms with Gasteiger partial charge in [-0.25, -0.2) is 40.2 Å². The van der Waals surface area contributed by atoms with E-state index >= 15 is 0 Å². The van der Waals surface area contributed by atoms with E-state index in [-0.39, 0.29) is 124 Å². The number of aliphatic hydroxyl groups is 8. The number of carbonyl (C=O) groups excluding carboxylic acids is 3. The van der Waals surface area contributed by atoms with Crippen LogP contribution < -0.4 is 131 Å². The first-order valence-electron chi connectivity index (χ1n) is 39.7. The highest BCUT2D eigenvalue weighted by Gasteiger charge is 2.53. The predicted octanol–water partition coefficient (Wildman–Crippen LogP) is -10.7. The summed E-state index contributed by atoms with van der Waals surface area (Å²) >= 11 is 1.83. The van der Waals surface area contributed by atoms with E-state index in [9.17, 15) is 160 Å². The molecule has 14 unspecified atom stereocenters. The molecule has 12 heterocycles. The molecule has 12 rings (SSSR count). The van der Waals surface area contributed by atoms with Gasteiger partial charge in [0.1, 0.15) is 84.6 Å². The predicted molar refractivity (Wildman–Crippen MR) is 467 cm³/mol. The second kappa shape index (κ2) is 48.3. The number of nitrogens with one attached hydrogen (secondary N) is 8. The van der Waals surface area contributed by atoms with Gasteiger partial charge in [0, 0.05) is 81.5 Å². The summed E-state index contributed by atoms with van der Waals surface area (Å²) in [4.78, 5) is 230. The number of phosphoric ester groups is 4. The van der Waals surface area contributed by atoms with Gasteiger partial charge in [-0.1, -0.05) is 67.2 Å². The topological polar surface area (TPSA) is 1000 Å². The van der Waals surface area contributed by atoms with Crippen molar-refractivity contribution in [2.75, 3.05) is 122 Å².